The molecule has 0 amide bonds. The van der Waals surface area contributed by atoms with Crippen molar-refractivity contribution in [2.24, 2.45) is 11.8 Å². The van der Waals surface area contributed by atoms with Crippen molar-refractivity contribution in [2.75, 3.05) is 6.54 Å². The maximum Gasteiger partial charge on any atom is 0.141 e. The van der Waals surface area contributed by atoms with Crippen LogP contribution in [-0.2, 0) is 0 Å². The molecule has 3 nitrogen and oxygen atoms in total. The zero-order valence-corrected chi connectivity index (χ0v) is 11.6. The Bertz CT molecular complexity index is 394. The highest BCUT2D eigenvalue weighted by Crippen LogP contribution is 2.27. The SMILES string of the molecule is CC(C)C(NCC1CCCC1O)c1ccc(F)cn1. The van der Waals surface area contributed by atoms with Crippen LogP contribution in [0.1, 0.15) is 44.8 Å². The van der Waals surface area contributed by atoms with E-state index in [4.69, 9.17) is 0 Å². The van der Waals surface area contributed by atoms with E-state index in [2.05, 4.69) is 24.1 Å². The lowest BCUT2D eigenvalue weighted by Gasteiger charge is -2.25. The molecule has 2 N–H and O–H groups in total. The average molecular weight is 266 g/mol. The first-order valence-electron chi connectivity index (χ1n) is 7.11. The summed E-state index contributed by atoms with van der Waals surface area (Å²) in [4.78, 5) is 4.16. The number of hydrogen-bond acceptors (Lipinski definition) is 3. The third kappa shape index (κ3) is 3.74. The summed E-state index contributed by atoms with van der Waals surface area (Å²) >= 11 is 0. The molecule has 0 aliphatic heterocycles. The standard InChI is InChI=1S/C15H23FN2O/c1-10(2)15(13-7-6-12(16)9-17-13)18-8-11-4-3-5-14(11)19/h6-7,9-11,14-15,18-19H,3-5,8H2,1-2H3. The van der Waals surface area contributed by atoms with Gasteiger partial charge in [0.2, 0.25) is 0 Å². The molecule has 0 spiro atoms. The molecule has 1 aliphatic carbocycles. The molecule has 0 radical (unpaired) electrons. The zero-order valence-electron chi connectivity index (χ0n) is 11.6. The number of aromatic nitrogens is 1. The van der Waals surface area contributed by atoms with Crippen molar-refractivity contribution in [3.05, 3.63) is 29.8 Å². The quantitative estimate of drug-likeness (QED) is 0.861. The highest BCUT2D eigenvalue weighted by atomic mass is 19.1. The fourth-order valence-electron chi connectivity index (χ4n) is 2.79. The minimum atomic E-state index is -0.308. The molecule has 3 atom stereocenters. The number of aliphatic hydroxyl groups is 1. The summed E-state index contributed by atoms with van der Waals surface area (Å²) in [7, 11) is 0. The van der Waals surface area contributed by atoms with Crippen LogP contribution in [-0.4, -0.2) is 22.7 Å². The minimum absolute atomic E-state index is 0.105. The van der Waals surface area contributed by atoms with Crippen molar-refractivity contribution in [3.8, 4) is 0 Å². The number of nitrogens with one attached hydrogen (secondary N) is 1. The van der Waals surface area contributed by atoms with Crippen LogP contribution in [0.15, 0.2) is 18.3 Å². The number of aliphatic hydroxyl groups excluding tert-OH is 1. The van der Waals surface area contributed by atoms with Gasteiger partial charge in [0.1, 0.15) is 5.82 Å². The van der Waals surface area contributed by atoms with E-state index in [1.807, 2.05) is 0 Å². The van der Waals surface area contributed by atoms with Crippen LogP contribution in [0.5, 0.6) is 0 Å². The van der Waals surface area contributed by atoms with E-state index >= 15 is 0 Å². The van der Waals surface area contributed by atoms with Crippen molar-refractivity contribution >= 4 is 0 Å². The van der Waals surface area contributed by atoms with Gasteiger partial charge in [-0.1, -0.05) is 20.3 Å². The molecule has 19 heavy (non-hydrogen) atoms. The Balaban J connectivity index is 1.98. The third-order valence-corrected chi connectivity index (χ3v) is 3.95. The van der Waals surface area contributed by atoms with Crippen LogP contribution in [0.2, 0.25) is 0 Å². The zero-order chi connectivity index (χ0) is 13.8. The Morgan fingerprint density at radius 1 is 1.42 bits per heavy atom. The van der Waals surface area contributed by atoms with Crippen molar-refractivity contribution in [1.29, 1.82) is 0 Å². The van der Waals surface area contributed by atoms with Crippen LogP contribution in [0.25, 0.3) is 0 Å². The lowest BCUT2D eigenvalue weighted by atomic mass is 9.98. The van der Waals surface area contributed by atoms with Crippen LogP contribution in [0.3, 0.4) is 0 Å². The second-order valence-corrected chi connectivity index (χ2v) is 5.79. The van der Waals surface area contributed by atoms with Crippen LogP contribution < -0.4 is 5.32 Å². The predicted octanol–water partition coefficient (Wildman–Crippen LogP) is 2.67. The molecule has 4 heteroatoms. The van der Waals surface area contributed by atoms with Crippen LogP contribution in [0, 0.1) is 17.7 Å². The first kappa shape index (κ1) is 14.4. The summed E-state index contributed by atoms with van der Waals surface area (Å²) in [5, 5.41) is 13.3. The first-order valence-corrected chi connectivity index (χ1v) is 7.11. The Hall–Kier alpha value is -1.00. The van der Waals surface area contributed by atoms with E-state index in [9.17, 15) is 9.50 Å². The number of nitrogens with zero attached hydrogens (tertiary/aromatic N) is 1. The average Bonchev–Trinajstić information content (AvgIpc) is 2.77. The molecule has 1 aliphatic rings. The fraction of sp³-hybridized carbons (Fsp3) is 0.667. The normalized spacial score (nSPS) is 24.9. The minimum Gasteiger partial charge on any atom is -0.393 e. The smallest absolute Gasteiger partial charge is 0.141 e. The van der Waals surface area contributed by atoms with Gasteiger partial charge in [-0.15, -0.1) is 0 Å². The molecule has 1 heterocycles. The Labute approximate surface area is 114 Å². The van der Waals surface area contributed by atoms with Gasteiger partial charge in [0.25, 0.3) is 0 Å². The van der Waals surface area contributed by atoms with Gasteiger partial charge in [-0.3, -0.25) is 4.98 Å². The molecule has 1 aromatic heterocycles. The summed E-state index contributed by atoms with van der Waals surface area (Å²) in [6, 6.07) is 3.29. The largest absolute Gasteiger partial charge is 0.393 e. The number of hydrogen-bond donors (Lipinski definition) is 2. The second kappa shape index (κ2) is 6.44. The van der Waals surface area contributed by atoms with Gasteiger partial charge >= 0.3 is 0 Å². The fourth-order valence-corrected chi connectivity index (χ4v) is 2.79. The van der Waals surface area contributed by atoms with Gasteiger partial charge in [0.05, 0.1) is 24.0 Å². The highest BCUT2D eigenvalue weighted by molar-refractivity contribution is 5.10. The molecule has 0 saturated heterocycles. The van der Waals surface area contributed by atoms with E-state index < -0.39 is 0 Å². The van der Waals surface area contributed by atoms with E-state index in [0.717, 1.165) is 31.5 Å². The molecule has 0 aromatic carbocycles. The first-order chi connectivity index (χ1) is 9.08. The molecule has 106 valence electrons. The van der Waals surface area contributed by atoms with E-state index in [1.165, 1.54) is 12.3 Å². The van der Waals surface area contributed by atoms with E-state index in [1.54, 1.807) is 6.07 Å². The molecular weight excluding hydrogens is 243 g/mol. The molecule has 2 rings (SSSR count). The predicted molar refractivity (Wildman–Crippen MR) is 73.1 cm³/mol. The lowest BCUT2D eigenvalue weighted by Crippen LogP contribution is -2.33. The van der Waals surface area contributed by atoms with Gasteiger partial charge in [0.15, 0.2) is 0 Å². The maximum atomic E-state index is 12.9. The van der Waals surface area contributed by atoms with Gasteiger partial charge in [-0.25, -0.2) is 4.39 Å². The molecule has 1 fully saturated rings. The van der Waals surface area contributed by atoms with Gasteiger partial charge in [-0.05, 0) is 36.8 Å². The van der Waals surface area contributed by atoms with E-state index in [0.29, 0.717) is 11.8 Å². The molecular formula is C15H23FN2O. The van der Waals surface area contributed by atoms with Gasteiger partial charge < -0.3 is 10.4 Å². The number of pyridine rings is 1. The lowest BCUT2D eigenvalue weighted by molar-refractivity contribution is 0.128. The van der Waals surface area contributed by atoms with Gasteiger partial charge in [0, 0.05) is 6.54 Å². The molecule has 1 saturated carbocycles. The van der Waals surface area contributed by atoms with Gasteiger partial charge in [-0.2, -0.15) is 0 Å². The molecule has 0 bridgehead atoms. The van der Waals surface area contributed by atoms with Crippen molar-refractivity contribution < 1.29 is 9.50 Å². The number of halogens is 1. The Morgan fingerprint density at radius 2 is 2.21 bits per heavy atom. The molecule has 3 unspecified atom stereocenters. The van der Waals surface area contributed by atoms with Crippen molar-refractivity contribution in [1.82, 2.24) is 10.3 Å². The van der Waals surface area contributed by atoms with E-state index in [-0.39, 0.29) is 18.0 Å². The third-order valence-electron chi connectivity index (χ3n) is 3.95. The monoisotopic (exact) mass is 266 g/mol. The topological polar surface area (TPSA) is 45.1 Å². The highest BCUT2D eigenvalue weighted by Gasteiger charge is 2.26. The Morgan fingerprint density at radius 3 is 2.74 bits per heavy atom. The summed E-state index contributed by atoms with van der Waals surface area (Å²) in [5.41, 5.74) is 0.865. The molecule has 1 aromatic rings. The second-order valence-electron chi connectivity index (χ2n) is 5.79. The summed E-state index contributed by atoms with van der Waals surface area (Å²) in [6.45, 7) is 5.03. The Kier molecular flexibility index (Phi) is 4.88. The summed E-state index contributed by atoms with van der Waals surface area (Å²) in [5.74, 6) is 0.399. The van der Waals surface area contributed by atoms with Crippen LogP contribution >= 0.6 is 0 Å². The maximum absolute atomic E-state index is 12.9. The van der Waals surface area contributed by atoms with Crippen molar-refractivity contribution in [2.45, 2.75) is 45.3 Å². The van der Waals surface area contributed by atoms with Crippen molar-refractivity contribution in [3.63, 3.8) is 0 Å². The van der Waals surface area contributed by atoms with Crippen LogP contribution in [0.4, 0.5) is 4.39 Å². The summed E-state index contributed by atoms with van der Waals surface area (Å²) in [6.07, 6.45) is 4.18. The number of rotatable bonds is 5. The summed E-state index contributed by atoms with van der Waals surface area (Å²) < 4.78 is 12.9.